The van der Waals surface area contributed by atoms with Crippen LogP contribution in [0.25, 0.3) is 33.4 Å². The number of hydrogen-bond acceptors (Lipinski definition) is 22. The monoisotopic (exact) mass is 1510 g/mol. The first-order valence-electron chi connectivity index (χ1n) is 38.1. The zero-order valence-electron chi connectivity index (χ0n) is 62.7. The van der Waals surface area contributed by atoms with Gasteiger partial charge < -0.3 is 34.2 Å². The van der Waals surface area contributed by atoms with Gasteiger partial charge >= 0.3 is 12.0 Å². The summed E-state index contributed by atoms with van der Waals surface area (Å²) in [6.45, 7) is 24.4. The second-order valence-corrected chi connectivity index (χ2v) is 31.7. The van der Waals surface area contributed by atoms with E-state index in [0.717, 1.165) is 194 Å². The topological polar surface area (TPSA) is 325 Å². The van der Waals surface area contributed by atoms with Gasteiger partial charge in [0, 0.05) is 127 Å². The SMILES string of the molecule is C1CCC2=NCCCN2CC1.CCN(CC)CC.CS(=O)(=O)NC(=O)c1cc(N2CCC(N3CCOCC3)CC2)c2c(C3CCC3)nn(-c3ccccc3)c2n1.CS(N)(=O)=O.O=C(O)c1cc(N2CCC(N3CCOCC3)CC2)c2c(C3CCC3)nn(-c3ccccc3)c2n1.O=C(n1ccnc1)n1ccnc1. The summed E-state index contributed by atoms with van der Waals surface area (Å²) in [5.41, 5.74) is 7.13. The van der Waals surface area contributed by atoms with Crippen molar-refractivity contribution >= 4 is 77.2 Å². The number of nitrogens with zero attached hydrogens (tertiary/aromatic N) is 17. The number of benzene rings is 2. The normalized spacial score (nSPS) is 18.6. The van der Waals surface area contributed by atoms with E-state index in [1.54, 1.807) is 36.9 Å². The third-order valence-corrected chi connectivity index (χ3v) is 21.7. The average Bonchev–Trinajstić information content (AvgIpc) is 1.61. The lowest BCUT2D eigenvalue weighted by Crippen LogP contribution is -2.49. The predicted molar refractivity (Wildman–Crippen MR) is 416 cm³/mol. The molecule has 578 valence electrons. The predicted octanol–water partition coefficient (Wildman–Crippen LogP) is 8.88. The molecule has 7 fully saturated rings. The number of carbonyl (C=O) groups is 3. The molecule has 6 aromatic heterocycles. The van der Waals surface area contributed by atoms with Gasteiger partial charge in [0.1, 0.15) is 18.3 Å². The van der Waals surface area contributed by atoms with Crippen LogP contribution in [0.1, 0.15) is 161 Å². The number of imidazole rings is 2. The summed E-state index contributed by atoms with van der Waals surface area (Å²) in [7, 11) is -6.91. The summed E-state index contributed by atoms with van der Waals surface area (Å²) in [5.74, 6) is 0.426. The van der Waals surface area contributed by atoms with Crippen LogP contribution < -0.4 is 19.7 Å². The Morgan fingerprint density at radius 1 is 0.561 bits per heavy atom. The van der Waals surface area contributed by atoms with Crippen molar-refractivity contribution in [3.05, 3.63) is 133 Å². The summed E-state index contributed by atoms with van der Waals surface area (Å²) < 4.78 is 62.2. The largest absolute Gasteiger partial charge is 0.477 e. The van der Waals surface area contributed by atoms with Gasteiger partial charge in [-0.25, -0.2) is 65.6 Å². The third kappa shape index (κ3) is 21.4. The van der Waals surface area contributed by atoms with E-state index < -0.39 is 31.9 Å². The highest BCUT2D eigenvalue weighted by atomic mass is 32.2. The first kappa shape index (κ1) is 79.5. The summed E-state index contributed by atoms with van der Waals surface area (Å²) in [6.07, 6.45) is 28.7. The number of primary sulfonamides is 1. The second kappa shape index (κ2) is 38.0. The van der Waals surface area contributed by atoms with Crippen molar-refractivity contribution in [3.63, 3.8) is 0 Å². The quantitative estimate of drug-likeness (QED) is 0.0914. The number of carbonyl (C=O) groups excluding carboxylic acids is 2. The van der Waals surface area contributed by atoms with Crippen LogP contribution in [0.5, 0.6) is 0 Å². The standard InChI is InChI=1S/C27H34N6O4S.C26H31N5O3.C9H16N2.C7H6N4O.C6H15N.CH5NO2S/c1-38(35,36)30-27(34)22-18-23(32-12-10-20(11-13-32)31-14-16-37-17-15-31)24-25(19-6-5-7-19)29-33(26(24)28-22)21-8-3-2-4-9-21;32-26(33)21-17-22(30-11-9-19(10-12-30)29-13-15-34-16-14-29)23-24(18-5-4-6-18)28-31(25(23)27-21)20-7-2-1-3-8-20;1-2-5-9-10-6-4-8-11(9)7-3-1;12-7(10-3-1-8-5-10)11-4-2-9-6-11;1-4-7(5-2)6-3;1-5(2,3)4/h2-4,8-9,18-20H,5-7,10-17H2,1H3,(H,30,34);1-3,7-8,17-19H,4-6,9-16H2,(H,32,33);1-8H2;1-6H;4-6H2,1-3H3;1H3,(H2,2,3,4). The molecule has 0 unspecified atom stereocenters. The van der Waals surface area contributed by atoms with E-state index in [4.69, 9.17) is 24.7 Å². The van der Waals surface area contributed by atoms with Gasteiger partial charge in [0.25, 0.3) is 5.91 Å². The Morgan fingerprint density at radius 3 is 1.39 bits per heavy atom. The number of piperidine rings is 2. The van der Waals surface area contributed by atoms with Crippen LogP contribution in [0.3, 0.4) is 0 Å². The molecular weight excluding hydrogens is 1400 g/mol. The van der Waals surface area contributed by atoms with Crippen LogP contribution in [-0.2, 0) is 29.5 Å². The minimum atomic E-state index is -3.74. The van der Waals surface area contributed by atoms with E-state index in [9.17, 15) is 36.3 Å². The Morgan fingerprint density at radius 2 is 1.00 bits per heavy atom. The van der Waals surface area contributed by atoms with E-state index in [2.05, 4.69) is 80.0 Å². The Labute approximate surface area is 628 Å². The zero-order chi connectivity index (χ0) is 75.5. The minimum absolute atomic E-state index is 0.0745. The summed E-state index contributed by atoms with van der Waals surface area (Å²) in [6, 6.07) is 24.1. The van der Waals surface area contributed by atoms with Gasteiger partial charge in [-0.05, 0) is 127 Å². The summed E-state index contributed by atoms with van der Waals surface area (Å²) >= 11 is 0. The molecule has 0 radical (unpaired) electrons. The molecule has 4 N–H and O–H groups in total. The molecular formula is C76H107N19O10S2. The summed E-state index contributed by atoms with van der Waals surface area (Å²) in [4.78, 5) is 72.6. The van der Waals surface area contributed by atoms with Crippen molar-refractivity contribution in [3.8, 4) is 11.4 Å². The van der Waals surface area contributed by atoms with E-state index in [-0.39, 0.29) is 17.4 Å². The number of carboxylic acid groups (broad SMARTS) is 1. The van der Waals surface area contributed by atoms with Crippen LogP contribution in [-0.4, -0.2) is 257 Å². The Kier molecular flexibility index (Phi) is 28.2. The maximum Gasteiger partial charge on any atom is 0.354 e. The van der Waals surface area contributed by atoms with Gasteiger partial charge in [-0.2, -0.15) is 10.2 Å². The van der Waals surface area contributed by atoms with Gasteiger partial charge in [-0.15, -0.1) is 0 Å². The number of fused-ring (bicyclic) bond motifs is 3. The van der Waals surface area contributed by atoms with Gasteiger partial charge in [0.05, 0.1) is 89.7 Å². The molecule has 12 heterocycles. The zero-order valence-corrected chi connectivity index (χ0v) is 64.3. The molecule has 2 aromatic carbocycles. The fourth-order valence-corrected chi connectivity index (χ4v) is 15.4. The molecule has 16 rings (SSSR count). The fourth-order valence-electron chi connectivity index (χ4n) is 14.9. The third-order valence-electron chi connectivity index (χ3n) is 21.1. The Bertz CT molecular complexity index is 4380. The molecule has 2 aliphatic carbocycles. The molecule has 31 heteroatoms. The Hall–Kier alpha value is -8.56. The number of nitrogens with one attached hydrogen (secondary N) is 1. The number of ether oxygens (including phenoxy) is 2. The molecule has 0 atom stereocenters. The number of anilines is 2. The van der Waals surface area contributed by atoms with Crippen molar-refractivity contribution < 1.29 is 45.8 Å². The number of amidine groups is 1. The van der Waals surface area contributed by atoms with Crippen molar-refractivity contribution in [2.45, 2.75) is 141 Å². The number of carboxylic acids is 1. The number of hydrogen-bond donors (Lipinski definition) is 3. The maximum atomic E-state index is 13.0. The Balaban J connectivity index is 0.000000148. The molecule has 29 nitrogen and oxygen atoms in total. The van der Waals surface area contributed by atoms with Gasteiger partial charge in [-0.1, -0.05) is 76.4 Å². The molecule has 0 bridgehead atoms. The second-order valence-electron chi connectivity index (χ2n) is 28.3. The van der Waals surface area contributed by atoms with E-state index >= 15 is 0 Å². The highest BCUT2D eigenvalue weighted by Crippen LogP contribution is 2.45. The number of nitrogens with two attached hydrogens (primary N) is 1. The first-order valence-corrected chi connectivity index (χ1v) is 42.0. The molecule has 0 spiro atoms. The van der Waals surface area contributed by atoms with Crippen LogP contribution >= 0.6 is 0 Å². The number of morpholine rings is 2. The van der Waals surface area contributed by atoms with Gasteiger partial charge in [0.2, 0.25) is 20.0 Å². The number of amides is 1. The molecule has 8 aliphatic rings. The van der Waals surface area contributed by atoms with Crippen molar-refractivity contribution in [2.75, 3.05) is 140 Å². The fraction of sp³-hybridized carbons (Fsp3) is 0.553. The number of rotatable bonds is 14. The van der Waals surface area contributed by atoms with Crippen LogP contribution in [0, 0.1) is 0 Å². The highest BCUT2D eigenvalue weighted by Gasteiger charge is 2.36. The lowest BCUT2D eigenvalue weighted by atomic mass is 9.82. The molecule has 5 saturated heterocycles. The van der Waals surface area contributed by atoms with Crippen molar-refractivity contribution in [2.24, 2.45) is 10.1 Å². The first-order chi connectivity index (χ1) is 51.7. The van der Waals surface area contributed by atoms with Crippen molar-refractivity contribution in [1.82, 2.24) is 73.0 Å². The number of sulfonamides is 2. The van der Waals surface area contributed by atoms with Crippen LogP contribution in [0.4, 0.5) is 16.2 Å². The molecule has 1 amide bonds. The lowest BCUT2D eigenvalue weighted by molar-refractivity contribution is 0.0115. The van der Waals surface area contributed by atoms with E-state index in [0.29, 0.717) is 35.2 Å². The van der Waals surface area contributed by atoms with Crippen LogP contribution in [0.2, 0.25) is 0 Å². The van der Waals surface area contributed by atoms with Gasteiger partial charge in [-0.3, -0.25) is 28.7 Å². The number of pyridine rings is 2. The lowest BCUT2D eigenvalue weighted by Gasteiger charge is -2.41. The minimum Gasteiger partial charge on any atom is -0.477 e. The van der Waals surface area contributed by atoms with Crippen LogP contribution in [0.15, 0.2) is 115 Å². The molecule has 107 heavy (non-hydrogen) atoms. The molecule has 6 aliphatic heterocycles. The molecule has 2 saturated carbocycles. The number of para-hydroxylation sites is 2. The number of aromatic carboxylic acids is 1. The van der Waals surface area contributed by atoms with E-state index in [1.807, 2.05) is 70.0 Å². The average molecular weight is 1510 g/mol. The highest BCUT2D eigenvalue weighted by molar-refractivity contribution is 7.89. The smallest absolute Gasteiger partial charge is 0.354 e. The van der Waals surface area contributed by atoms with E-state index in [1.165, 1.54) is 105 Å². The summed E-state index contributed by atoms with van der Waals surface area (Å²) in [5, 5.41) is 26.3. The molecule has 8 aromatic rings. The number of aliphatic imine (C=N–C) groups is 1. The van der Waals surface area contributed by atoms with Crippen molar-refractivity contribution in [1.29, 1.82) is 0 Å². The number of aromatic nitrogens is 10. The van der Waals surface area contributed by atoms with Gasteiger partial charge in [0.15, 0.2) is 17.0 Å². The maximum absolute atomic E-state index is 13.0.